The zero-order valence-electron chi connectivity index (χ0n) is 11.9. The summed E-state index contributed by atoms with van der Waals surface area (Å²) in [5, 5.41) is 15.8. The second-order valence-electron chi connectivity index (χ2n) is 5.61. The number of aromatic nitrogens is 2. The minimum atomic E-state index is -0.720. The summed E-state index contributed by atoms with van der Waals surface area (Å²) in [6.07, 6.45) is 4.13. The van der Waals surface area contributed by atoms with Crippen LogP contribution in [0.5, 0.6) is 0 Å². The first-order valence-electron chi connectivity index (χ1n) is 6.97. The standard InChI is InChI=1S/C14H23ClN2O2/c1-4-5-11-8-14(18,6-7-19-11)9-12-13(15)10(2)16-17(12)3/h11,18H,4-9H2,1-3H3. The molecule has 1 saturated heterocycles. The number of ether oxygens (including phenoxy) is 1. The van der Waals surface area contributed by atoms with E-state index in [9.17, 15) is 5.11 Å². The number of rotatable bonds is 4. The third-order valence-electron chi connectivity index (χ3n) is 3.90. The van der Waals surface area contributed by atoms with Crippen LogP contribution in [0.4, 0.5) is 0 Å². The second kappa shape index (κ2) is 5.81. The van der Waals surface area contributed by atoms with Crippen LogP contribution in [0.3, 0.4) is 0 Å². The SMILES string of the molecule is CCCC1CC(O)(Cc2c(Cl)c(C)nn2C)CCO1. The highest BCUT2D eigenvalue weighted by molar-refractivity contribution is 6.31. The Balaban J connectivity index is 2.12. The highest BCUT2D eigenvalue weighted by atomic mass is 35.5. The molecule has 0 aliphatic carbocycles. The minimum absolute atomic E-state index is 0.164. The molecule has 1 fully saturated rings. The van der Waals surface area contributed by atoms with Gasteiger partial charge in [-0.2, -0.15) is 5.10 Å². The average molecular weight is 287 g/mol. The van der Waals surface area contributed by atoms with Crippen LogP contribution in [0.15, 0.2) is 0 Å². The molecule has 0 bridgehead atoms. The van der Waals surface area contributed by atoms with E-state index in [4.69, 9.17) is 16.3 Å². The molecule has 4 nitrogen and oxygen atoms in total. The maximum atomic E-state index is 10.8. The number of hydrogen-bond donors (Lipinski definition) is 1. The molecule has 0 aromatic carbocycles. The van der Waals surface area contributed by atoms with E-state index in [0.29, 0.717) is 30.9 Å². The molecule has 5 heteroatoms. The largest absolute Gasteiger partial charge is 0.389 e. The molecule has 1 aliphatic rings. The number of nitrogens with zero attached hydrogens (tertiary/aromatic N) is 2. The normalized spacial score (nSPS) is 27.7. The predicted octanol–water partition coefficient (Wildman–Crippen LogP) is 2.63. The molecule has 19 heavy (non-hydrogen) atoms. The number of hydrogen-bond acceptors (Lipinski definition) is 3. The van der Waals surface area contributed by atoms with Gasteiger partial charge in [0, 0.05) is 26.5 Å². The Labute approximate surface area is 119 Å². The molecule has 1 aliphatic heterocycles. The molecule has 1 aromatic heterocycles. The Morgan fingerprint density at radius 3 is 2.89 bits per heavy atom. The summed E-state index contributed by atoms with van der Waals surface area (Å²) < 4.78 is 7.48. The van der Waals surface area contributed by atoms with Gasteiger partial charge in [0.05, 0.1) is 28.1 Å². The molecule has 0 saturated carbocycles. The van der Waals surface area contributed by atoms with Crippen molar-refractivity contribution in [3.63, 3.8) is 0 Å². The average Bonchev–Trinajstić information content (AvgIpc) is 2.56. The Kier molecular flexibility index (Phi) is 4.54. The van der Waals surface area contributed by atoms with Crippen LogP contribution >= 0.6 is 11.6 Å². The van der Waals surface area contributed by atoms with Gasteiger partial charge in [-0.15, -0.1) is 0 Å². The molecule has 0 radical (unpaired) electrons. The molecular formula is C14H23ClN2O2. The molecular weight excluding hydrogens is 264 g/mol. The summed E-state index contributed by atoms with van der Waals surface area (Å²) in [5.74, 6) is 0. The van der Waals surface area contributed by atoms with E-state index in [1.54, 1.807) is 4.68 Å². The fraction of sp³-hybridized carbons (Fsp3) is 0.786. The summed E-state index contributed by atoms with van der Waals surface area (Å²) in [6, 6.07) is 0. The monoisotopic (exact) mass is 286 g/mol. The smallest absolute Gasteiger partial charge is 0.0848 e. The molecule has 2 heterocycles. The lowest BCUT2D eigenvalue weighted by Crippen LogP contribution is -2.43. The lowest BCUT2D eigenvalue weighted by atomic mass is 9.85. The maximum Gasteiger partial charge on any atom is 0.0848 e. The third-order valence-corrected chi connectivity index (χ3v) is 4.39. The van der Waals surface area contributed by atoms with Crippen molar-refractivity contribution in [2.24, 2.45) is 7.05 Å². The number of aliphatic hydroxyl groups is 1. The van der Waals surface area contributed by atoms with Crippen molar-refractivity contribution < 1.29 is 9.84 Å². The summed E-state index contributed by atoms with van der Waals surface area (Å²) in [4.78, 5) is 0. The second-order valence-corrected chi connectivity index (χ2v) is 5.98. The predicted molar refractivity (Wildman–Crippen MR) is 75.5 cm³/mol. The van der Waals surface area contributed by atoms with Crippen molar-refractivity contribution in [1.82, 2.24) is 9.78 Å². The van der Waals surface area contributed by atoms with Gasteiger partial charge in [0.2, 0.25) is 0 Å². The fourth-order valence-corrected chi connectivity index (χ4v) is 3.08. The lowest BCUT2D eigenvalue weighted by molar-refractivity contribution is -0.105. The van der Waals surface area contributed by atoms with Crippen molar-refractivity contribution in [3.05, 3.63) is 16.4 Å². The highest BCUT2D eigenvalue weighted by Crippen LogP contribution is 2.32. The van der Waals surface area contributed by atoms with E-state index in [0.717, 1.165) is 24.2 Å². The van der Waals surface area contributed by atoms with Crippen LogP contribution in [-0.4, -0.2) is 33.2 Å². The van der Waals surface area contributed by atoms with E-state index in [-0.39, 0.29) is 6.10 Å². The van der Waals surface area contributed by atoms with Gasteiger partial charge in [0.1, 0.15) is 0 Å². The summed E-state index contributed by atoms with van der Waals surface area (Å²) >= 11 is 6.27. The summed E-state index contributed by atoms with van der Waals surface area (Å²) in [5.41, 5.74) is 1.01. The van der Waals surface area contributed by atoms with Gasteiger partial charge in [-0.3, -0.25) is 4.68 Å². The Morgan fingerprint density at radius 1 is 1.58 bits per heavy atom. The van der Waals surface area contributed by atoms with E-state index >= 15 is 0 Å². The van der Waals surface area contributed by atoms with Crippen molar-refractivity contribution in [1.29, 1.82) is 0 Å². The first-order valence-corrected chi connectivity index (χ1v) is 7.35. The van der Waals surface area contributed by atoms with Gasteiger partial charge in [-0.05, 0) is 19.8 Å². The van der Waals surface area contributed by atoms with Crippen molar-refractivity contribution in [2.45, 2.75) is 57.7 Å². The topological polar surface area (TPSA) is 47.3 Å². The molecule has 1 aromatic rings. The van der Waals surface area contributed by atoms with Gasteiger partial charge >= 0.3 is 0 Å². The Morgan fingerprint density at radius 2 is 2.32 bits per heavy atom. The zero-order valence-corrected chi connectivity index (χ0v) is 12.7. The summed E-state index contributed by atoms with van der Waals surface area (Å²) in [6.45, 7) is 4.65. The molecule has 0 amide bonds. The van der Waals surface area contributed by atoms with Gasteiger partial charge in [-0.1, -0.05) is 24.9 Å². The van der Waals surface area contributed by atoms with Crippen LogP contribution in [0.2, 0.25) is 5.02 Å². The van der Waals surface area contributed by atoms with E-state index < -0.39 is 5.60 Å². The maximum absolute atomic E-state index is 10.8. The number of halogens is 1. The van der Waals surface area contributed by atoms with Gasteiger partial charge in [-0.25, -0.2) is 0 Å². The van der Waals surface area contributed by atoms with Crippen LogP contribution in [0.1, 0.15) is 44.0 Å². The van der Waals surface area contributed by atoms with E-state index in [1.165, 1.54) is 0 Å². The third kappa shape index (κ3) is 3.30. The van der Waals surface area contributed by atoms with E-state index in [2.05, 4.69) is 12.0 Å². The van der Waals surface area contributed by atoms with Crippen LogP contribution in [-0.2, 0) is 18.2 Å². The van der Waals surface area contributed by atoms with Gasteiger partial charge < -0.3 is 9.84 Å². The quantitative estimate of drug-likeness (QED) is 0.926. The van der Waals surface area contributed by atoms with Gasteiger partial charge in [0.25, 0.3) is 0 Å². The molecule has 2 atom stereocenters. The van der Waals surface area contributed by atoms with Crippen molar-refractivity contribution in [3.8, 4) is 0 Å². The van der Waals surface area contributed by atoms with Crippen LogP contribution < -0.4 is 0 Å². The molecule has 2 unspecified atom stereocenters. The number of aryl methyl sites for hydroxylation is 2. The zero-order chi connectivity index (χ0) is 14.0. The molecule has 108 valence electrons. The molecule has 2 rings (SSSR count). The van der Waals surface area contributed by atoms with Crippen LogP contribution in [0, 0.1) is 6.92 Å². The summed E-state index contributed by atoms with van der Waals surface area (Å²) in [7, 11) is 1.88. The minimum Gasteiger partial charge on any atom is -0.389 e. The lowest BCUT2D eigenvalue weighted by Gasteiger charge is -2.37. The first kappa shape index (κ1) is 14.8. The molecule has 1 N–H and O–H groups in total. The fourth-order valence-electron chi connectivity index (χ4n) is 2.85. The Bertz CT molecular complexity index is 445. The van der Waals surface area contributed by atoms with Crippen molar-refractivity contribution in [2.75, 3.05) is 6.61 Å². The van der Waals surface area contributed by atoms with E-state index in [1.807, 2.05) is 14.0 Å². The first-order chi connectivity index (χ1) is 8.95. The van der Waals surface area contributed by atoms with Gasteiger partial charge in [0.15, 0.2) is 0 Å². The Hall–Kier alpha value is -0.580. The highest BCUT2D eigenvalue weighted by Gasteiger charge is 2.36. The van der Waals surface area contributed by atoms with Crippen LogP contribution in [0.25, 0.3) is 0 Å². The van der Waals surface area contributed by atoms with Crippen molar-refractivity contribution >= 4 is 11.6 Å². The molecule has 0 spiro atoms.